The fourth-order valence-corrected chi connectivity index (χ4v) is 4.66. The summed E-state index contributed by atoms with van der Waals surface area (Å²) in [7, 11) is 5.77. The molecule has 1 amide bonds. The van der Waals surface area contributed by atoms with E-state index in [-0.39, 0.29) is 11.9 Å². The van der Waals surface area contributed by atoms with Gasteiger partial charge in [-0.3, -0.25) is 14.7 Å². The number of methoxy groups -OCH3 is 1. The zero-order chi connectivity index (χ0) is 24.0. The molecule has 0 atom stereocenters. The van der Waals surface area contributed by atoms with Gasteiger partial charge in [0.1, 0.15) is 5.75 Å². The second-order valence-corrected chi connectivity index (χ2v) is 9.29. The number of aryl methyl sites for hydroxylation is 1. The molecule has 2 heterocycles. The number of carbonyl (C=O) groups is 1. The monoisotopic (exact) mass is 452 g/mol. The molecule has 0 spiro atoms. The van der Waals surface area contributed by atoms with Gasteiger partial charge in [0.05, 0.1) is 12.8 Å². The summed E-state index contributed by atoms with van der Waals surface area (Å²) >= 11 is 0. The number of carbonyl (C=O) groups excluding carboxylic acids is 1. The van der Waals surface area contributed by atoms with E-state index >= 15 is 0 Å². The number of piperidine rings is 1. The molecule has 1 fully saturated rings. The summed E-state index contributed by atoms with van der Waals surface area (Å²) in [5, 5.41) is 0. The molecule has 3 rings (SSSR count). The Morgan fingerprint density at radius 2 is 1.82 bits per heavy atom. The van der Waals surface area contributed by atoms with Crippen LogP contribution in [0.1, 0.15) is 59.8 Å². The van der Waals surface area contributed by atoms with Gasteiger partial charge in [-0.25, -0.2) is 0 Å². The average molecular weight is 453 g/mol. The van der Waals surface area contributed by atoms with Crippen molar-refractivity contribution in [3.8, 4) is 5.75 Å². The van der Waals surface area contributed by atoms with E-state index in [9.17, 15) is 4.79 Å². The number of likely N-dealkylation sites (tertiary alicyclic amines) is 1. The quantitative estimate of drug-likeness (QED) is 0.553. The van der Waals surface area contributed by atoms with Gasteiger partial charge in [0.25, 0.3) is 5.91 Å². The molecule has 33 heavy (non-hydrogen) atoms. The lowest BCUT2D eigenvalue weighted by Gasteiger charge is -2.37. The summed E-state index contributed by atoms with van der Waals surface area (Å²) in [6.07, 6.45) is 6.20. The highest BCUT2D eigenvalue weighted by molar-refractivity contribution is 5.94. The van der Waals surface area contributed by atoms with Gasteiger partial charge in [0, 0.05) is 74.9 Å². The summed E-state index contributed by atoms with van der Waals surface area (Å²) in [5.74, 6) is 1.04. The van der Waals surface area contributed by atoms with Crippen LogP contribution >= 0.6 is 0 Å². The smallest absolute Gasteiger partial charge is 0.253 e. The van der Waals surface area contributed by atoms with E-state index in [0.29, 0.717) is 0 Å². The van der Waals surface area contributed by atoms with Gasteiger partial charge in [-0.2, -0.15) is 0 Å². The van der Waals surface area contributed by atoms with Gasteiger partial charge in [-0.15, -0.1) is 0 Å². The lowest BCUT2D eigenvalue weighted by molar-refractivity contribution is 0.0635. The molecule has 0 radical (unpaired) electrons. The van der Waals surface area contributed by atoms with E-state index in [2.05, 4.69) is 47.8 Å². The molecular weight excluding hydrogens is 412 g/mol. The molecule has 1 aromatic carbocycles. The van der Waals surface area contributed by atoms with Crippen LogP contribution in [0, 0.1) is 13.8 Å². The number of rotatable bonds is 9. The Bertz CT molecular complexity index is 920. The van der Waals surface area contributed by atoms with Crippen LogP contribution in [-0.2, 0) is 6.54 Å². The van der Waals surface area contributed by atoms with Gasteiger partial charge in [0.2, 0.25) is 0 Å². The first-order valence-electron chi connectivity index (χ1n) is 12.2. The first-order chi connectivity index (χ1) is 15.8. The van der Waals surface area contributed by atoms with Gasteiger partial charge < -0.3 is 14.5 Å². The lowest BCUT2D eigenvalue weighted by atomic mass is 10.0. The molecule has 1 aliphatic rings. The van der Waals surface area contributed by atoms with E-state index < -0.39 is 0 Å². The molecule has 1 aromatic heterocycles. The summed E-state index contributed by atoms with van der Waals surface area (Å²) in [6, 6.07) is 8.31. The van der Waals surface area contributed by atoms with Crippen molar-refractivity contribution < 1.29 is 9.53 Å². The molecule has 1 aliphatic heterocycles. The van der Waals surface area contributed by atoms with Crippen molar-refractivity contribution in [1.82, 2.24) is 14.8 Å². The number of nitrogens with zero attached hydrogens (tertiary/aromatic N) is 4. The number of ether oxygens (including phenoxy) is 1. The summed E-state index contributed by atoms with van der Waals surface area (Å²) in [5.41, 5.74) is 5.19. The first kappa shape index (κ1) is 25.0. The van der Waals surface area contributed by atoms with Gasteiger partial charge in [-0.1, -0.05) is 13.3 Å². The normalized spacial score (nSPS) is 14.8. The Morgan fingerprint density at radius 3 is 2.42 bits per heavy atom. The second-order valence-electron chi connectivity index (χ2n) is 9.29. The number of hydrogen-bond acceptors (Lipinski definition) is 5. The highest BCUT2D eigenvalue weighted by Gasteiger charge is 2.26. The highest BCUT2D eigenvalue weighted by Crippen LogP contribution is 2.26. The number of pyridine rings is 1. The number of amides is 1. The van der Waals surface area contributed by atoms with Crippen molar-refractivity contribution in [3.63, 3.8) is 0 Å². The minimum atomic E-state index is 0.108. The third-order valence-electron chi connectivity index (χ3n) is 6.95. The summed E-state index contributed by atoms with van der Waals surface area (Å²) in [4.78, 5) is 24.4. The predicted molar refractivity (Wildman–Crippen MR) is 135 cm³/mol. The van der Waals surface area contributed by atoms with E-state index in [4.69, 9.17) is 4.74 Å². The summed E-state index contributed by atoms with van der Waals surface area (Å²) < 4.78 is 5.55. The Hall–Kier alpha value is -2.60. The zero-order valence-corrected chi connectivity index (χ0v) is 21.2. The number of unbranched alkanes of at least 4 members (excludes halogenated alkanes) is 1. The largest absolute Gasteiger partial charge is 0.496 e. The van der Waals surface area contributed by atoms with Gasteiger partial charge in [0.15, 0.2) is 0 Å². The maximum atomic E-state index is 13.1. The summed E-state index contributed by atoms with van der Waals surface area (Å²) in [6.45, 7) is 10.1. The van der Waals surface area contributed by atoms with Crippen molar-refractivity contribution in [1.29, 1.82) is 0 Å². The van der Waals surface area contributed by atoms with Crippen LogP contribution in [0.3, 0.4) is 0 Å². The third kappa shape index (κ3) is 6.05. The fraction of sp³-hybridized carbons (Fsp3) is 0.556. The molecular formula is C27H40N4O2. The minimum absolute atomic E-state index is 0.108. The molecule has 0 aliphatic carbocycles. The minimum Gasteiger partial charge on any atom is -0.496 e. The number of aromatic nitrogens is 1. The fourth-order valence-electron chi connectivity index (χ4n) is 4.66. The molecule has 6 heteroatoms. The average Bonchev–Trinajstić information content (AvgIpc) is 2.84. The number of benzene rings is 1. The standard InChI is InChI=1S/C27H40N4O2/c1-7-8-15-29(4)23-11-9-22(10-12-23)27(32)30(5)24-13-16-31(17-14-24)19-25-21(3)26(33-6)20(2)18-28-25/h9-12,18,24H,7-8,13-17,19H2,1-6H3. The Balaban J connectivity index is 1.55. The third-order valence-corrected chi connectivity index (χ3v) is 6.95. The highest BCUT2D eigenvalue weighted by atomic mass is 16.5. The maximum Gasteiger partial charge on any atom is 0.253 e. The van der Waals surface area contributed by atoms with Gasteiger partial charge in [-0.05, 0) is 57.4 Å². The SMILES string of the molecule is CCCCN(C)c1ccc(C(=O)N(C)C2CCN(Cc3ncc(C)c(OC)c3C)CC2)cc1. The zero-order valence-electron chi connectivity index (χ0n) is 21.2. The van der Waals surface area contributed by atoms with Crippen LogP contribution in [-0.4, -0.2) is 67.6 Å². The molecule has 2 aromatic rings. The van der Waals surface area contributed by atoms with Crippen molar-refractivity contribution >= 4 is 11.6 Å². The van der Waals surface area contributed by atoms with E-state index in [1.807, 2.05) is 37.2 Å². The number of hydrogen-bond donors (Lipinski definition) is 0. The van der Waals surface area contributed by atoms with E-state index in [1.54, 1.807) is 7.11 Å². The van der Waals surface area contributed by atoms with Crippen LogP contribution in [0.15, 0.2) is 30.5 Å². The van der Waals surface area contributed by atoms with E-state index in [0.717, 1.165) is 72.8 Å². The molecule has 180 valence electrons. The lowest BCUT2D eigenvalue weighted by Crippen LogP contribution is -2.45. The maximum absolute atomic E-state index is 13.1. The molecule has 0 bridgehead atoms. The first-order valence-corrected chi connectivity index (χ1v) is 12.2. The van der Waals surface area contributed by atoms with Crippen molar-refractivity contribution in [2.75, 3.05) is 45.7 Å². The second kappa shape index (κ2) is 11.5. The van der Waals surface area contributed by atoms with Gasteiger partial charge >= 0.3 is 0 Å². The molecule has 0 N–H and O–H groups in total. The van der Waals surface area contributed by atoms with Crippen LogP contribution in [0.5, 0.6) is 5.75 Å². The van der Waals surface area contributed by atoms with Crippen LogP contribution in [0.25, 0.3) is 0 Å². The predicted octanol–water partition coefficient (Wildman–Crippen LogP) is 4.68. The Kier molecular flexibility index (Phi) is 8.73. The van der Waals surface area contributed by atoms with E-state index in [1.165, 1.54) is 12.8 Å². The van der Waals surface area contributed by atoms with Crippen molar-refractivity contribution in [3.05, 3.63) is 52.8 Å². The molecule has 0 unspecified atom stereocenters. The number of anilines is 1. The van der Waals surface area contributed by atoms with Crippen LogP contribution < -0.4 is 9.64 Å². The van der Waals surface area contributed by atoms with Crippen LogP contribution in [0.2, 0.25) is 0 Å². The molecule has 1 saturated heterocycles. The van der Waals surface area contributed by atoms with Crippen molar-refractivity contribution in [2.45, 2.75) is 59.0 Å². The molecule has 0 saturated carbocycles. The Morgan fingerprint density at radius 1 is 1.15 bits per heavy atom. The Labute approximate surface area is 199 Å². The van der Waals surface area contributed by atoms with Crippen molar-refractivity contribution in [2.24, 2.45) is 0 Å². The molecule has 6 nitrogen and oxygen atoms in total. The van der Waals surface area contributed by atoms with Crippen LogP contribution in [0.4, 0.5) is 5.69 Å². The topological polar surface area (TPSA) is 48.9 Å².